The van der Waals surface area contributed by atoms with Crippen molar-refractivity contribution in [2.75, 3.05) is 26.9 Å². The van der Waals surface area contributed by atoms with Gasteiger partial charge in [0.25, 0.3) is 0 Å². The SMILES string of the molecule is COc1ccc(OCN2CCC2(C)C(=O)N(CCCC(=O)O)Cc2ccc(Cl)cc2)c(Cl)c1. The van der Waals surface area contributed by atoms with Gasteiger partial charge < -0.3 is 19.5 Å². The second-order valence-electron chi connectivity index (χ2n) is 8.21. The summed E-state index contributed by atoms with van der Waals surface area (Å²) in [5.74, 6) is 0.211. The molecule has 0 spiro atoms. The largest absolute Gasteiger partial charge is 0.497 e. The summed E-state index contributed by atoms with van der Waals surface area (Å²) in [5, 5.41) is 10.1. The first-order chi connectivity index (χ1) is 15.7. The summed E-state index contributed by atoms with van der Waals surface area (Å²) < 4.78 is 11.0. The lowest BCUT2D eigenvalue weighted by Crippen LogP contribution is -2.66. The fraction of sp³-hybridized carbons (Fsp3) is 0.417. The maximum atomic E-state index is 13.6. The zero-order valence-electron chi connectivity index (χ0n) is 18.7. The number of ether oxygens (including phenoxy) is 2. The molecule has 0 bridgehead atoms. The van der Waals surface area contributed by atoms with Gasteiger partial charge in [-0.2, -0.15) is 0 Å². The molecular weight excluding hydrogens is 467 g/mol. The van der Waals surface area contributed by atoms with Gasteiger partial charge in [-0.05, 0) is 49.6 Å². The Morgan fingerprint density at radius 1 is 1.18 bits per heavy atom. The highest BCUT2D eigenvalue weighted by Crippen LogP contribution is 2.34. The summed E-state index contributed by atoms with van der Waals surface area (Å²) >= 11 is 12.2. The Labute approximate surface area is 203 Å². The zero-order valence-corrected chi connectivity index (χ0v) is 20.2. The standard InChI is InChI=1S/C24H28Cl2N2O5/c1-24(11-13-28(24)16-33-21-10-9-19(32-2)14-20(21)26)23(31)27(12-3-4-22(29)30)15-17-5-7-18(25)8-6-17/h5-10,14H,3-4,11-13,15-16H2,1-2H3,(H,29,30). The minimum atomic E-state index is -0.879. The number of hydrogen-bond donors (Lipinski definition) is 1. The van der Waals surface area contributed by atoms with Crippen molar-refractivity contribution >= 4 is 35.1 Å². The normalized spacial score (nSPS) is 17.8. The van der Waals surface area contributed by atoms with Crippen LogP contribution >= 0.6 is 23.2 Å². The topological polar surface area (TPSA) is 79.3 Å². The van der Waals surface area contributed by atoms with Crippen LogP contribution in [0.1, 0.15) is 31.7 Å². The van der Waals surface area contributed by atoms with Crippen molar-refractivity contribution in [2.45, 2.75) is 38.3 Å². The van der Waals surface area contributed by atoms with Gasteiger partial charge in [0.05, 0.1) is 12.1 Å². The number of methoxy groups -OCH3 is 1. The molecule has 7 nitrogen and oxygen atoms in total. The summed E-state index contributed by atoms with van der Waals surface area (Å²) in [6.07, 6.45) is 1.06. The lowest BCUT2D eigenvalue weighted by molar-refractivity contribution is -0.158. The molecule has 1 fully saturated rings. The van der Waals surface area contributed by atoms with Crippen molar-refractivity contribution in [1.82, 2.24) is 9.80 Å². The van der Waals surface area contributed by atoms with Gasteiger partial charge >= 0.3 is 5.97 Å². The Balaban J connectivity index is 1.68. The van der Waals surface area contributed by atoms with E-state index >= 15 is 0 Å². The first-order valence-corrected chi connectivity index (χ1v) is 11.5. The Morgan fingerprint density at radius 3 is 2.48 bits per heavy atom. The molecule has 1 aliphatic rings. The molecule has 0 radical (unpaired) electrons. The number of carbonyl (C=O) groups excluding carboxylic acids is 1. The highest BCUT2D eigenvalue weighted by atomic mass is 35.5. The summed E-state index contributed by atoms with van der Waals surface area (Å²) in [6.45, 7) is 3.54. The van der Waals surface area contributed by atoms with Crippen molar-refractivity contribution in [3.05, 3.63) is 58.1 Å². The molecule has 0 aromatic heterocycles. The Morgan fingerprint density at radius 2 is 1.91 bits per heavy atom. The highest BCUT2D eigenvalue weighted by molar-refractivity contribution is 6.32. The van der Waals surface area contributed by atoms with Gasteiger partial charge in [0.1, 0.15) is 23.8 Å². The van der Waals surface area contributed by atoms with E-state index < -0.39 is 11.5 Å². The number of nitrogens with zero attached hydrogens (tertiary/aromatic N) is 2. The smallest absolute Gasteiger partial charge is 0.303 e. The lowest BCUT2D eigenvalue weighted by atomic mass is 9.85. The van der Waals surface area contributed by atoms with E-state index in [0.29, 0.717) is 54.0 Å². The van der Waals surface area contributed by atoms with Crippen molar-refractivity contribution in [1.29, 1.82) is 0 Å². The van der Waals surface area contributed by atoms with Crippen LogP contribution in [0.15, 0.2) is 42.5 Å². The zero-order chi connectivity index (χ0) is 24.0. The van der Waals surface area contributed by atoms with E-state index in [1.54, 1.807) is 42.3 Å². The molecule has 0 aliphatic carbocycles. The van der Waals surface area contributed by atoms with E-state index in [1.807, 2.05) is 24.0 Å². The number of aliphatic carboxylic acids is 1. The summed E-state index contributed by atoms with van der Waals surface area (Å²) in [5.41, 5.74) is 0.188. The predicted octanol–water partition coefficient (Wildman–Crippen LogP) is 4.70. The molecule has 0 saturated carbocycles. The number of rotatable bonds is 11. The molecule has 1 saturated heterocycles. The molecule has 1 amide bonds. The fourth-order valence-electron chi connectivity index (χ4n) is 3.75. The third-order valence-corrected chi connectivity index (χ3v) is 6.48. The van der Waals surface area contributed by atoms with Gasteiger partial charge in [-0.15, -0.1) is 0 Å². The number of amides is 1. The van der Waals surface area contributed by atoms with Crippen LogP contribution in [0, 0.1) is 0 Å². The van der Waals surface area contributed by atoms with Gasteiger partial charge in [0.15, 0.2) is 0 Å². The maximum Gasteiger partial charge on any atom is 0.303 e. The van der Waals surface area contributed by atoms with E-state index in [4.69, 9.17) is 37.8 Å². The maximum absolute atomic E-state index is 13.6. The van der Waals surface area contributed by atoms with E-state index in [-0.39, 0.29) is 19.1 Å². The lowest BCUT2D eigenvalue weighted by Gasteiger charge is -2.50. The predicted molar refractivity (Wildman–Crippen MR) is 127 cm³/mol. The minimum absolute atomic E-state index is 0.00388. The Bertz CT molecular complexity index is 985. The summed E-state index contributed by atoms with van der Waals surface area (Å²) in [7, 11) is 1.57. The number of carboxylic acid groups (broad SMARTS) is 1. The first kappa shape index (κ1) is 25.1. The number of benzene rings is 2. The van der Waals surface area contributed by atoms with Crippen molar-refractivity contribution in [2.24, 2.45) is 0 Å². The van der Waals surface area contributed by atoms with Gasteiger partial charge in [-0.25, -0.2) is 0 Å². The molecule has 33 heavy (non-hydrogen) atoms. The van der Waals surface area contributed by atoms with Crippen LogP contribution < -0.4 is 9.47 Å². The molecular formula is C24H28Cl2N2O5. The van der Waals surface area contributed by atoms with Crippen LogP contribution in [0.25, 0.3) is 0 Å². The molecule has 1 unspecified atom stereocenters. The monoisotopic (exact) mass is 494 g/mol. The molecule has 3 rings (SSSR count). The molecule has 9 heteroatoms. The summed E-state index contributed by atoms with van der Waals surface area (Å²) in [4.78, 5) is 28.2. The second-order valence-corrected chi connectivity index (χ2v) is 9.05. The third kappa shape index (κ3) is 6.31. The van der Waals surface area contributed by atoms with Crippen LogP contribution in [-0.2, 0) is 16.1 Å². The van der Waals surface area contributed by atoms with Crippen molar-refractivity contribution in [3.8, 4) is 11.5 Å². The van der Waals surface area contributed by atoms with Gasteiger partial charge in [-0.1, -0.05) is 35.3 Å². The minimum Gasteiger partial charge on any atom is -0.497 e. The van der Waals surface area contributed by atoms with E-state index in [9.17, 15) is 9.59 Å². The quantitative estimate of drug-likeness (QED) is 0.487. The van der Waals surface area contributed by atoms with Crippen LogP contribution in [0.5, 0.6) is 11.5 Å². The first-order valence-electron chi connectivity index (χ1n) is 10.7. The summed E-state index contributed by atoms with van der Waals surface area (Å²) in [6, 6.07) is 12.5. The van der Waals surface area contributed by atoms with Gasteiger partial charge in [-0.3, -0.25) is 14.5 Å². The fourth-order valence-corrected chi connectivity index (χ4v) is 4.10. The highest BCUT2D eigenvalue weighted by Gasteiger charge is 2.49. The molecule has 2 aromatic carbocycles. The van der Waals surface area contributed by atoms with Crippen LogP contribution in [0.2, 0.25) is 10.0 Å². The van der Waals surface area contributed by atoms with E-state index in [2.05, 4.69) is 0 Å². The molecule has 1 N–H and O–H groups in total. The van der Waals surface area contributed by atoms with Crippen LogP contribution in [0.4, 0.5) is 0 Å². The van der Waals surface area contributed by atoms with E-state index in [1.165, 1.54) is 0 Å². The number of hydrogen-bond acceptors (Lipinski definition) is 5. The van der Waals surface area contributed by atoms with Crippen molar-refractivity contribution < 1.29 is 24.2 Å². The average molecular weight is 495 g/mol. The van der Waals surface area contributed by atoms with Crippen molar-refractivity contribution in [3.63, 3.8) is 0 Å². The number of carbonyl (C=O) groups is 2. The van der Waals surface area contributed by atoms with Gasteiger partial charge in [0, 0.05) is 37.1 Å². The third-order valence-electron chi connectivity index (χ3n) is 5.93. The second kappa shape index (κ2) is 11.1. The molecule has 1 atom stereocenters. The molecule has 2 aromatic rings. The molecule has 1 heterocycles. The molecule has 178 valence electrons. The molecule has 1 aliphatic heterocycles. The number of halogens is 2. The Hall–Kier alpha value is -2.48. The van der Waals surface area contributed by atoms with E-state index in [0.717, 1.165) is 5.56 Å². The number of carboxylic acids is 1. The van der Waals surface area contributed by atoms with Crippen LogP contribution in [0.3, 0.4) is 0 Å². The average Bonchev–Trinajstić information content (AvgIpc) is 2.78. The van der Waals surface area contributed by atoms with Crippen LogP contribution in [-0.4, -0.2) is 59.3 Å². The number of likely N-dealkylation sites (tertiary alicyclic amines) is 1. The van der Waals surface area contributed by atoms with Gasteiger partial charge in [0.2, 0.25) is 5.91 Å². The Kier molecular flexibility index (Phi) is 8.46.